The molecule has 1 saturated heterocycles. The summed E-state index contributed by atoms with van der Waals surface area (Å²) in [6.45, 7) is 2.81. The van der Waals surface area contributed by atoms with Crippen molar-refractivity contribution < 1.29 is 19.4 Å². The summed E-state index contributed by atoms with van der Waals surface area (Å²) in [5, 5.41) is 16.3. The fourth-order valence-electron chi connectivity index (χ4n) is 5.03. The minimum atomic E-state index is -0.650. The summed E-state index contributed by atoms with van der Waals surface area (Å²) in [5.74, 6) is -1.39. The fourth-order valence-corrected chi connectivity index (χ4v) is 5.35. The monoisotopic (exact) mass is 671 g/mol. The molecule has 3 heterocycles. The number of phenols is 1. The van der Waals surface area contributed by atoms with Gasteiger partial charge in [0.25, 0.3) is 17.4 Å². The van der Waals surface area contributed by atoms with Crippen molar-refractivity contribution in [2.45, 2.75) is 25.4 Å². The van der Waals surface area contributed by atoms with Gasteiger partial charge in [0.05, 0.1) is 16.3 Å². The molecule has 236 valence electrons. The highest BCUT2D eigenvalue weighted by Gasteiger charge is 2.21. The van der Waals surface area contributed by atoms with Gasteiger partial charge in [0.2, 0.25) is 0 Å². The van der Waals surface area contributed by atoms with Gasteiger partial charge >= 0.3 is 0 Å². The number of carbonyl (C=O) groups excluding carboxylic acids is 2. The Morgan fingerprint density at radius 3 is 2.44 bits per heavy atom. The molecule has 2 aromatic heterocycles. The van der Waals surface area contributed by atoms with E-state index < -0.39 is 11.8 Å². The van der Waals surface area contributed by atoms with E-state index in [1.165, 1.54) is 24.4 Å². The first-order chi connectivity index (χ1) is 21.2. The van der Waals surface area contributed by atoms with Crippen LogP contribution in [0.3, 0.4) is 0 Å². The van der Waals surface area contributed by atoms with Crippen LogP contribution < -0.4 is 16.2 Å². The number of ether oxygens (including phenoxy) is 1. The number of hydrogen-bond donors (Lipinski definition) is 3. The number of rotatable bonds is 9. The molecule has 45 heavy (non-hydrogen) atoms. The van der Waals surface area contributed by atoms with Crippen LogP contribution in [-0.2, 0) is 11.3 Å². The summed E-state index contributed by atoms with van der Waals surface area (Å²) < 4.78 is 7.15. The van der Waals surface area contributed by atoms with E-state index in [1.807, 2.05) is 6.07 Å². The normalized spacial score (nSPS) is 13.2. The largest absolute Gasteiger partial charge is 0.506 e. The van der Waals surface area contributed by atoms with Gasteiger partial charge in [0, 0.05) is 67.0 Å². The Bertz CT molecular complexity index is 1710. The van der Waals surface area contributed by atoms with Gasteiger partial charge in [-0.1, -0.05) is 35.3 Å². The number of halogens is 3. The zero-order chi connectivity index (χ0) is 31.2. The first kappa shape index (κ1) is 34.0. The molecule has 2 aromatic carbocycles. The Morgan fingerprint density at radius 1 is 1.02 bits per heavy atom. The maximum atomic E-state index is 13.3. The number of carbonyl (C=O) groups is 2. The summed E-state index contributed by atoms with van der Waals surface area (Å²) in [7, 11) is 2.07. The van der Waals surface area contributed by atoms with Gasteiger partial charge in [-0.25, -0.2) is 4.98 Å². The zero-order valence-electron chi connectivity index (χ0n) is 24.3. The molecule has 1 fully saturated rings. The average Bonchev–Trinajstić information content (AvgIpc) is 3.03. The lowest BCUT2D eigenvalue weighted by molar-refractivity contribution is 0.0420. The Balaban J connectivity index is 0.00000461. The van der Waals surface area contributed by atoms with E-state index >= 15 is 0 Å². The van der Waals surface area contributed by atoms with E-state index in [0.29, 0.717) is 28.7 Å². The molecule has 1 aliphatic rings. The molecule has 0 radical (unpaired) electrons. The van der Waals surface area contributed by atoms with Crippen LogP contribution in [0.5, 0.6) is 5.75 Å². The third-order valence-electron chi connectivity index (χ3n) is 7.52. The number of aromatic nitrogens is 2. The third kappa shape index (κ3) is 8.42. The topological polar surface area (TPSA) is 126 Å². The molecule has 0 unspecified atom stereocenters. The molecular formula is C32H32Cl3N5O5. The number of anilines is 2. The van der Waals surface area contributed by atoms with Crippen LogP contribution in [0.4, 0.5) is 11.5 Å². The standard InChI is InChI=1S/C32H31Cl2N5O5.ClH/c1-38(24-10-15-44-16-11-24)13-14-39-12-2-3-25(32(39)43)20-4-6-21(7-5-20)30(41)37-29-26(17-23(34)18-27(29)40)31(42)36-28-9-8-22(33)19-35-28;/h2-9,12,17-19,24,40H,10-11,13-16H2,1H3,(H,37,41)(H,35,36,42);1H. The molecule has 10 nitrogen and oxygen atoms in total. The second kappa shape index (κ2) is 15.4. The van der Waals surface area contributed by atoms with Gasteiger partial charge in [-0.3, -0.25) is 14.4 Å². The first-order valence-corrected chi connectivity index (χ1v) is 14.8. The molecule has 1 aliphatic heterocycles. The van der Waals surface area contributed by atoms with Crippen molar-refractivity contribution in [1.29, 1.82) is 0 Å². The lowest BCUT2D eigenvalue weighted by Crippen LogP contribution is -2.39. The van der Waals surface area contributed by atoms with Crippen molar-refractivity contribution in [2.75, 3.05) is 37.4 Å². The molecule has 3 N–H and O–H groups in total. The molecule has 0 bridgehead atoms. The quantitative estimate of drug-likeness (QED) is 0.187. The van der Waals surface area contributed by atoms with Crippen LogP contribution in [-0.4, -0.2) is 64.2 Å². The van der Waals surface area contributed by atoms with Crippen molar-refractivity contribution in [3.05, 3.63) is 105 Å². The van der Waals surface area contributed by atoms with E-state index in [2.05, 4.69) is 27.6 Å². The van der Waals surface area contributed by atoms with E-state index in [9.17, 15) is 19.5 Å². The van der Waals surface area contributed by atoms with Gasteiger partial charge in [-0.15, -0.1) is 12.4 Å². The molecule has 13 heteroatoms. The zero-order valence-corrected chi connectivity index (χ0v) is 26.7. The number of likely N-dealkylation sites (N-methyl/N-ethyl adjacent to an activating group) is 1. The third-order valence-corrected chi connectivity index (χ3v) is 7.96. The van der Waals surface area contributed by atoms with Crippen molar-refractivity contribution in [1.82, 2.24) is 14.5 Å². The Hall–Kier alpha value is -3.93. The van der Waals surface area contributed by atoms with E-state index in [0.717, 1.165) is 32.6 Å². The van der Waals surface area contributed by atoms with Gasteiger partial charge in [-0.2, -0.15) is 0 Å². The van der Waals surface area contributed by atoms with E-state index in [-0.39, 0.29) is 51.4 Å². The summed E-state index contributed by atoms with van der Waals surface area (Å²) in [4.78, 5) is 45.8. The van der Waals surface area contributed by atoms with E-state index in [1.54, 1.807) is 47.2 Å². The van der Waals surface area contributed by atoms with Gasteiger partial charge in [0.1, 0.15) is 11.6 Å². The van der Waals surface area contributed by atoms with Crippen LogP contribution in [0, 0.1) is 0 Å². The van der Waals surface area contributed by atoms with Crippen LogP contribution in [0.2, 0.25) is 10.0 Å². The summed E-state index contributed by atoms with van der Waals surface area (Å²) in [5.41, 5.74) is 1.11. The number of aromatic hydroxyl groups is 1. The van der Waals surface area contributed by atoms with Crippen molar-refractivity contribution in [3.8, 4) is 16.9 Å². The minimum absolute atomic E-state index is 0. The number of benzene rings is 2. The first-order valence-electron chi connectivity index (χ1n) is 14.0. The van der Waals surface area contributed by atoms with Gasteiger partial charge in [0.15, 0.2) is 0 Å². The molecule has 0 spiro atoms. The predicted molar refractivity (Wildman–Crippen MR) is 178 cm³/mol. The number of pyridine rings is 2. The highest BCUT2D eigenvalue weighted by atomic mass is 35.5. The van der Waals surface area contributed by atoms with Crippen molar-refractivity contribution in [3.63, 3.8) is 0 Å². The average molecular weight is 673 g/mol. The fraction of sp³-hybridized carbons (Fsp3) is 0.250. The molecule has 4 aromatic rings. The number of hydrogen-bond acceptors (Lipinski definition) is 7. The number of phenolic OH excluding ortho intramolecular Hbond substituents is 1. The van der Waals surface area contributed by atoms with Crippen LogP contribution in [0.1, 0.15) is 33.6 Å². The molecule has 2 amide bonds. The smallest absolute Gasteiger partial charge is 0.259 e. The van der Waals surface area contributed by atoms with Crippen LogP contribution in [0.15, 0.2) is 77.9 Å². The maximum absolute atomic E-state index is 13.3. The lowest BCUT2D eigenvalue weighted by Gasteiger charge is -2.31. The molecular weight excluding hydrogens is 641 g/mol. The molecule has 0 aliphatic carbocycles. The second-order valence-corrected chi connectivity index (χ2v) is 11.3. The second-order valence-electron chi connectivity index (χ2n) is 10.4. The molecule has 0 saturated carbocycles. The Morgan fingerprint density at radius 2 is 1.76 bits per heavy atom. The van der Waals surface area contributed by atoms with Crippen molar-refractivity contribution >= 4 is 58.9 Å². The molecule has 5 rings (SSSR count). The van der Waals surface area contributed by atoms with Crippen LogP contribution >= 0.6 is 35.6 Å². The Labute approximate surface area is 276 Å². The summed E-state index contributed by atoms with van der Waals surface area (Å²) in [6, 6.07) is 16.2. The minimum Gasteiger partial charge on any atom is -0.506 e. The maximum Gasteiger partial charge on any atom is 0.259 e. The van der Waals surface area contributed by atoms with Crippen molar-refractivity contribution in [2.24, 2.45) is 0 Å². The molecule has 0 atom stereocenters. The predicted octanol–water partition coefficient (Wildman–Crippen LogP) is 5.96. The number of nitrogens with one attached hydrogen (secondary N) is 2. The van der Waals surface area contributed by atoms with E-state index in [4.69, 9.17) is 27.9 Å². The van der Waals surface area contributed by atoms with Gasteiger partial charge in [-0.05, 0) is 67.9 Å². The number of nitrogens with zero attached hydrogens (tertiary/aromatic N) is 3. The summed E-state index contributed by atoms with van der Waals surface area (Å²) >= 11 is 12.0. The van der Waals surface area contributed by atoms with Gasteiger partial charge < -0.3 is 29.9 Å². The lowest BCUT2D eigenvalue weighted by atomic mass is 10.0. The number of amides is 2. The highest BCUT2D eigenvalue weighted by molar-refractivity contribution is 6.32. The SMILES string of the molecule is CN(CCn1cccc(-c2ccc(C(=O)Nc3c(O)cc(Cl)cc3C(=O)Nc3ccc(Cl)cn3)cc2)c1=O)C1CCOCC1.Cl. The van der Waals surface area contributed by atoms with Crippen LogP contribution in [0.25, 0.3) is 11.1 Å². The summed E-state index contributed by atoms with van der Waals surface area (Å²) in [6.07, 6.45) is 5.12. The Kier molecular flexibility index (Phi) is 11.6. The highest BCUT2D eigenvalue weighted by Crippen LogP contribution is 2.33.